The molecule has 112 valence electrons. The van der Waals surface area contributed by atoms with E-state index in [0.717, 1.165) is 0 Å². The fourth-order valence-electron chi connectivity index (χ4n) is 2.44. The van der Waals surface area contributed by atoms with E-state index in [-0.39, 0.29) is 35.8 Å². The van der Waals surface area contributed by atoms with Crippen LogP contribution in [-0.4, -0.2) is 45.4 Å². The van der Waals surface area contributed by atoms with Crippen LogP contribution in [0, 0.1) is 5.92 Å². The summed E-state index contributed by atoms with van der Waals surface area (Å²) in [6, 6.07) is 4.23. The highest BCUT2D eigenvalue weighted by molar-refractivity contribution is 5.94. The van der Waals surface area contributed by atoms with E-state index in [2.05, 4.69) is 4.98 Å². The van der Waals surface area contributed by atoms with Crippen LogP contribution >= 0.6 is 0 Å². The lowest BCUT2D eigenvalue weighted by Gasteiger charge is -2.36. The van der Waals surface area contributed by atoms with Crippen molar-refractivity contribution in [1.29, 1.82) is 0 Å². The number of aromatic carboxylic acids is 1. The Morgan fingerprint density at radius 1 is 1.29 bits per heavy atom. The first-order valence-electron chi connectivity index (χ1n) is 6.70. The molecule has 21 heavy (non-hydrogen) atoms. The summed E-state index contributed by atoms with van der Waals surface area (Å²) in [4.78, 5) is 40.1. The summed E-state index contributed by atoms with van der Waals surface area (Å²) in [6.45, 7) is 2.13. The number of primary amides is 1. The van der Waals surface area contributed by atoms with Crippen molar-refractivity contribution in [3.05, 3.63) is 29.6 Å². The van der Waals surface area contributed by atoms with Gasteiger partial charge in [0.25, 0.3) is 5.91 Å². The van der Waals surface area contributed by atoms with E-state index < -0.39 is 11.9 Å². The zero-order chi connectivity index (χ0) is 15.6. The van der Waals surface area contributed by atoms with Crippen LogP contribution in [0.3, 0.4) is 0 Å². The number of aromatic nitrogens is 1. The van der Waals surface area contributed by atoms with E-state index in [1.165, 1.54) is 23.1 Å². The summed E-state index contributed by atoms with van der Waals surface area (Å²) >= 11 is 0. The second-order valence-corrected chi connectivity index (χ2v) is 5.20. The molecular formula is C14H17N3O4. The Labute approximate surface area is 121 Å². The minimum atomic E-state index is -1.19. The van der Waals surface area contributed by atoms with E-state index >= 15 is 0 Å². The number of likely N-dealkylation sites (tertiary alicyclic amines) is 1. The molecule has 2 unspecified atom stereocenters. The van der Waals surface area contributed by atoms with E-state index in [4.69, 9.17) is 10.8 Å². The standard InChI is InChI=1S/C14H17N3O4/c1-8-5-6-9(12(15)18)7-17(8)13(19)10-3-2-4-11(16-10)14(20)21/h2-4,8-9H,5-7H2,1H3,(H2,15,18)(H,20,21). The van der Waals surface area contributed by atoms with Crippen molar-refractivity contribution in [2.45, 2.75) is 25.8 Å². The smallest absolute Gasteiger partial charge is 0.354 e. The maximum absolute atomic E-state index is 12.5. The van der Waals surface area contributed by atoms with Gasteiger partial charge in [0.1, 0.15) is 11.4 Å². The predicted molar refractivity (Wildman–Crippen MR) is 73.6 cm³/mol. The quantitative estimate of drug-likeness (QED) is 0.842. The third-order valence-corrected chi connectivity index (χ3v) is 3.73. The molecule has 0 aliphatic carbocycles. The van der Waals surface area contributed by atoms with Gasteiger partial charge in [0.2, 0.25) is 5.91 Å². The summed E-state index contributed by atoms with van der Waals surface area (Å²) in [5.41, 5.74) is 5.19. The number of rotatable bonds is 3. The molecule has 1 aromatic rings. The van der Waals surface area contributed by atoms with Crippen LogP contribution in [0.4, 0.5) is 0 Å². The molecule has 2 atom stereocenters. The van der Waals surface area contributed by atoms with E-state index in [1.54, 1.807) is 0 Å². The first-order chi connectivity index (χ1) is 9.90. The number of pyridine rings is 1. The molecule has 1 aliphatic heterocycles. The molecule has 2 amide bonds. The molecule has 0 bridgehead atoms. The monoisotopic (exact) mass is 291 g/mol. The van der Waals surface area contributed by atoms with Crippen LogP contribution in [0.25, 0.3) is 0 Å². The van der Waals surface area contributed by atoms with Gasteiger partial charge in [-0.3, -0.25) is 9.59 Å². The van der Waals surface area contributed by atoms with Crippen LogP contribution in [-0.2, 0) is 4.79 Å². The van der Waals surface area contributed by atoms with Gasteiger partial charge in [0.15, 0.2) is 0 Å². The molecule has 2 rings (SSSR count). The number of hydrogen-bond donors (Lipinski definition) is 2. The van der Waals surface area contributed by atoms with Crippen LogP contribution in [0.15, 0.2) is 18.2 Å². The Bertz CT molecular complexity index is 587. The fraction of sp³-hybridized carbons (Fsp3) is 0.429. The Hall–Kier alpha value is -2.44. The predicted octanol–water partition coefficient (Wildman–Crippen LogP) is 0.506. The van der Waals surface area contributed by atoms with Crippen molar-refractivity contribution in [2.24, 2.45) is 11.7 Å². The molecule has 0 aromatic carbocycles. The van der Waals surface area contributed by atoms with E-state index in [0.29, 0.717) is 12.8 Å². The van der Waals surface area contributed by atoms with Gasteiger partial charge in [-0.15, -0.1) is 0 Å². The van der Waals surface area contributed by atoms with Gasteiger partial charge in [0, 0.05) is 12.6 Å². The third-order valence-electron chi connectivity index (χ3n) is 3.73. The minimum Gasteiger partial charge on any atom is -0.477 e. The van der Waals surface area contributed by atoms with Gasteiger partial charge in [-0.25, -0.2) is 9.78 Å². The number of carbonyl (C=O) groups is 3. The second-order valence-electron chi connectivity index (χ2n) is 5.20. The molecule has 3 N–H and O–H groups in total. The molecular weight excluding hydrogens is 274 g/mol. The highest BCUT2D eigenvalue weighted by Crippen LogP contribution is 2.23. The van der Waals surface area contributed by atoms with E-state index in [9.17, 15) is 14.4 Å². The van der Waals surface area contributed by atoms with Crippen LogP contribution in [0.2, 0.25) is 0 Å². The van der Waals surface area contributed by atoms with Gasteiger partial charge >= 0.3 is 5.97 Å². The average molecular weight is 291 g/mol. The van der Waals surface area contributed by atoms with Crippen LogP contribution in [0.5, 0.6) is 0 Å². The Morgan fingerprint density at radius 2 is 1.95 bits per heavy atom. The van der Waals surface area contributed by atoms with Crippen molar-refractivity contribution < 1.29 is 19.5 Å². The normalized spacial score (nSPS) is 21.9. The van der Waals surface area contributed by atoms with Crippen molar-refractivity contribution in [3.8, 4) is 0 Å². The molecule has 0 saturated carbocycles. The molecule has 1 fully saturated rings. The number of nitrogens with two attached hydrogens (primary N) is 1. The van der Waals surface area contributed by atoms with Gasteiger partial charge in [0.05, 0.1) is 5.92 Å². The molecule has 0 spiro atoms. The fourth-order valence-corrected chi connectivity index (χ4v) is 2.44. The average Bonchev–Trinajstić information content (AvgIpc) is 2.47. The maximum atomic E-state index is 12.5. The molecule has 7 heteroatoms. The molecule has 0 radical (unpaired) electrons. The number of carbonyl (C=O) groups excluding carboxylic acids is 2. The van der Waals surface area contributed by atoms with Gasteiger partial charge < -0.3 is 15.7 Å². The second kappa shape index (κ2) is 5.90. The number of amides is 2. The number of nitrogens with zero attached hydrogens (tertiary/aromatic N) is 2. The highest BCUT2D eigenvalue weighted by Gasteiger charge is 2.32. The van der Waals surface area contributed by atoms with E-state index in [1.807, 2.05) is 6.92 Å². The van der Waals surface area contributed by atoms with Gasteiger partial charge in [-0.2, -0.15) is 0 Å². The van der Waals surface area contributed by atoms with Crippen LogP contribution in [0.1, 0.15) is 40.7 Å². The lowest BCUT2D eigenvalue weighted by Crippen LogP contribution is -2.48. The van der Waals surface area contributed by atoms with Crippen LogP contribution < -0.4 is 5.73 Å². The lowest BCUT2D eigenvalue weighted by molar-refractivity contribution is -0.123. The Kier molecular flexibility index (Phi) is 4.21. The number of carboxylic acids is 1. The molecule has 1 aliphatic rings. The summed E-state index contributed by atoms with van der Waals surface area (Å²) in [7, 11) is 0. The summed E-state index contributed by atoms with van der Waals surface area (Å²) in [5, 5.41) is 8.92. The van der Waals surface area contributed by atoms with Crippen molar-refractivity contribution in [1.82, 2.24) is 9.88 Å². The molecule has 1 aromatic heterocycles. The first kappa shape index (κ1) is 15.0. The van der Waals surface area contributed by atoms with Gasteiger partial charge in [-0.1, -0.05) is 6.07 Å². The number of carboxylic acid groups (broad SMARTS) is 1. The maximum Gasteiger partial charge on any atom is 0.354 e. The summed E-state index contributed by atoms with van der Waals surface area (Å²) in [6.07, 6.45) is 1.33. The third kappa shape index (κ3) is 3.18. The molecule has 1 saturated heterocycles. The van der Waals surface area contributed by atoms with Crippen molar-refractivity contribution >= 4 is 17.8 Å². The summed E-state index contributed by atoms with van der Waals surface area (Å²) in [5.74, 6) is -2.36. The minimum absolute atomic E-state index is 0.0385. The SMILES string of the molecule is CC1CCC(C(N)=O)CN1C(=O)c1cccc(C(=O)O)n1. The Balaban J connectivity index is 2.23. The highest BCUT2D eigenvalue weighted by atomic mass is 16.4. The van der Waals surface area contributed by atoms with Gasteiger partial charge in [-0.05, 0) is 31.9 Å². The van der Waals surface area contributed by atoms with Crippen molar-refractivity contribution in [2.75, 3.05) is 6.54 Å². The Morgan fingerprint density at radius 3 is 2.57 bits per heavy atom. The van der Waals surface area contributed by atoms with Crippen molar-refractivity contribution in [3.63, 3.8) is 0 Å². The summed E-state index contributed by atoms with van der Waals surface area (Å²) < 4.78 is 0. The zero-order valence-electron chi connectivity index (χ0n) is 11.7. The zero-order valence-corrected chi connectivity index (χ0v) is 11.7. The number of piperidine rings is 1. The first-order valence-corrected chi connectivity index (χ1v) is 6.70. The molecule has 2 heterocycles. The topological polar surface area (TPSA) is 114 Å². The lowest BCUT2D eigenvalue weighted by atomic mass is 9.92. The molecule has 7 nitrogen and oxygen atoms in total. The largest absolute Gasteiger partial charge is 0.477 e. The number of hydrogen-bond acceptors (Lipinski definition) is 4.